The fraction of sp³-hybridized carbons (Fsp3) is 0.727. The maximum absolute atomic E-state index is 12.4. The van der Waals surface area contributed by atoms with E-state index in [0.717, 1.165) is 24.6 Å². The van der Waals surface area contributed by atoms with E-state index in [2.05, 4.69) is 37.2 Å². The number of carbonyl (C=O) groups excluding carboxylic acids is 1. The van der Waals surface area contributed by atoms with Gasteiger partial charge in [-0.1, -0.05) is 26.7 Å². The number of amides is 1. The molecule has 2 aliphatic heterocycles. The van der Waals surface area contributed by atoms with Crippen LogP contribution in [0.15, 0.2) is 17.1 Å². The van der Waals surface area contributed by atoms with Gasteiger partial charge in [0.1, 0.15) is 25.8 Å². The summed E-state index contributed by atoms with van der Waals surface area (Å²) in [6.45, 7) is 14.8. The van der Waals surface area contributed by atoms with Crippen molar-refractivity contribution in [1.82, 2.24) is 9.91 Å². The van der Waals surface area contributed by atoms with E-state index in [0.29, 0.717) is 12.4 Å². The Morgan fingerprint density at radius 2 is 1.93 bits per heavy atom. The lowest BCUT2D eigenvalue weighted by Crippen LogP contribution is -2.40. The topological polar surface area (TPSA) is 80.4 Å². The minimum atomic E-state index is -1.53. The zero-order valence-corrected chi connectivity index (χ0v) is 20.6. The van der Waals surface area contributed by atoms with Crippen LogP contribution in [0.4, 0.5) is 4.79 Å². The van der Waals surface area contributed by atoms with E-state index >= 15 is 0 Å². The van der Waals surface area contributed by atoms with Gasteiger partial charge >= 0.3 is 6.09 Å². The molecule has 0 aromatic rings. The van der Waals surface area contributed by atoms with E-state index in [1.54, 1.807) is 22.3 Å². The van der Waals surface area contributed by atoms with Gasteiger partial charge in [-0.25, -0.2) is 15.6 Å². The maximum atomic E-state index is 12.4. The standard InChI is InChI=1S/C22H38N4O3Si/c1-8-30(9-2,10-3)12-11-18-14-24-20(16-26(18)23)28-19-13-17(4)25(15-19)21(27)29-22(5,6)7/h14,16-19H,8-10,13,15,23H2,1-7H3/t17-,18?,19+/m0/s1. The largest absolute Gasteiger partial charge is 0.471 e. The molecule has 1 unspecified atom stereocenters. The van der Waals surface area contributed by atoms with E-state index < -0.39 is 13.7 Å². The molecule has 2 rings (SSSR count). The monoisotopic (exact) mass is 434 g/mol. The molecule has 0 aliphatic carbocycles. The third-order valence-corrected chi connectivity index (χ3v) is 10.6. The van der Waals surface area contributed by atoms with Crippen LogP contribution in [-0.4, -0.2) is 60.6 Å². The normalized spacial score (nSPS) is 24.3. The number of likely N-dealkylation sites (tertiary alicyclic amines) is 1. The van der Waals surface area contributed by atoms with Crippen LogP contribution in [-0.2, 0) is 9.47 Å². The average Bonchev–Trinajstić information content (AvgIpc) is 3.03. The number of nitrogens with zero attached hydrogens (tertiary/aromatic N) is 3. The Bertz CT molecular complexity index is 723. The smallest absolute Gasteiger partial charge is 0.410 e. The highest BCUT2D eigenvalue weighted by Gasteiger charge is 2.36. The van der Waals surface area contributed by atoms with Crippen molar-refractivity contribution >= 4 is 20.4 Å². The molecule has 0 aromatic carbocycles. The fourth-order valence-corrected chi connectivity index (χ4v) is 6.17. The molecule has 0 radical (unpaired) electrons. The SMILES string of the molecule is CC[Si](C#CC1C=NC(O[C@@H]2C[C@H](C)N(C(=O)OC(C)(C)C)C2)=CN1N)(CC)CC. The Labute approximate surface area is 182 Å². The van der Waals surface area contributed by atoms with Crippen LogP contribution in [0.3, 0.4) is 0 Å². The molecule has 0 aromatic heterocycles. The maximum Gasteiger partial charge on any atom is 0.410 e. The highest BCUT2D eigenvalue weighted by Crippen LogP contribution is 2.25. The predicted molar refractivity (Wildman–Crippen MR) is 123 cm³/mol. The molecule has 0 spiro atoms. The summed E-state index contributed by atoms with van der Waals surface area (Å²) in [5, 5.41) is 1.56. The van der Waals surface area contributed by atoms with Gasteiger partial charge < -0.3 is 14.4 Å². The van der Waals surface area contributed by atoms with Crippen molar-refractivity contribution < 1.29 is 14.3 Å². The Hall–Kier alpha value is -1.98. The van der Waals surface area contributed by atoms with Crippen LogP contribution < -0.4 is 5.84 Å². The summed E-state index contributed by atoms with van der Waals surface area (Å²) in [4.78, 5) is 18.5. The summed E-state index contributed by atoms with van der Waals surface area (Å²) >= 11 is 0. The highest BCUT2D eigenvalue weighted by molar-refractivity contribution is 6.87. The van der Waals surface area contributed by atoms with Crippen molar-refractivity contribution in [3.05, 3.63) is 12.1 Å². The molecule has 30 heavy (non-hydrogen) atoms. The van der Waals surface area contributed by atoms with E-state index in [1.165, 1.54) is 0 Å². The minimum absolute atomic E-state index is 0.0424. The lowest BCUT2D eigenvalue weighted by atomic mass is 10.2. The molecule has 2 aliphatic rings. The number of ether oxygens (including phenoxy) is 2. The van der Waals surface area contributed by atoms with Crippen LogP contribution in [0.2, 0.25) is 18.1 Å². The molecule has 1 amide bonds. The van der Waals surface area contributed by atoms with Crippen LogP contribution in [0, 0.1) is 11.5 Å². The third kappa shape index (κ3) is 6.26. The predicted octanol–water partition coefficient (Wildman–Crippen LogP) is 3.88. The zero-order chi connectivity index (χ0) is 22.5. The van der Waals surface area contributed by atoms with Crippen molar-refractivity contribution in [3.8, 4) is 11.5 Å². The second-order valence-corrected chi connectivity index (χ2v) is 14.1. The van der Waals surface area contributed by atoms with E-state index in [4.69, 9.17) is 15.3 Å². The molecule has 3 atom stereocenters. The molecular formula is C22H38N4O3Si. The van der Waals surface area contributed by atoms with Crippen LogP contribution >= 0.6 is 0 Å². The van der Waals surface area contributed by atoms with Gasteiger partial charge in [0.2, 0.25) is 5.88 Å². The number of rotatable bonds is 5. The first-order valence-corrected chi connectivity index (χ1v) is 13.6. The summed E-state index contributed by atoms with van der Waals surface area (Å²) in [5.41, 5.74) is 3.04. The van der Waals surface area contributed by atoms with Gasteiger partial charge in [-0.15, -0.1) is 5.54 Å². The Morgan fingerprint density at radius 1 is 1.30 bits per heavy atom. The summed E-state index contributed by atoms with van der Waals surface area (Å²) in [7, 11) is -1.53. The van der Waals surface area contributed by atoms with Crippen molar-refractivity contribution in [2.45, 2.75) is 96.8 Å². The molecule has 0 bridgehead atoms. The number of hydrogen-bond donors (Lipinski definition) is 1. The van der Waals surface area contributed by atoms with Gasteiger partial charge in [0.05, 0.1) is 12.7 Å². The van der Waals surface area contributed by atoms with Crippen molar-refractivity contribution in [3.63, 3.8) is 0 Å². The van der Waals surface area contributed by atoms with Gasteiger partial charge in [0, 0.05) is 18.7 Å². The first kappa shape index (κ1) is 24.3. The Balaban J connectivity index is 1.97. The molecule has 7 nitrogen and oxygen atoms in total. The second kappa shape index (κ2) is 9.88. The summed E-state index contributed by atoms with van der Waals surface area (Å²) in [6.07, 6.45) is 3.69. The average molecular weight is 435 g/mol. The minimum Gasteiger partial charge on any atom is -0.471 e. The van der Waals surface area contributed by atoms with E-state index in [-0.39, 0.29) is 24.3 Å². The lowest BCUT2D eigenvalue weighted by Gasteiger charge is -2.27. The number of hydrogen-bond acceptors (Lipinski definition) is 6. The van der Waals surface area contributed by atoms with Gasteiger partial charge in [0.25, 0.3) is 0 Å². The molecular weight excluding hydrogens is 396 g/mol. The quantitative estimate of drug-likeness (QED) is 0.403. The van der Waals surface area contributed by atoms with Crippen molar-refractivity contribution in [2.75, 3.05) is 6.54 Å². The zero-order valence-electron chi connectivity index (χ0n) is 19.6. The molecule has 1 saturated heterocycles. The van der Waals surface area contributed by atoms with Crippen molar-refractivity contribution in [2.24, 2.45) is 10.8 Å². The third-order valence-electron chi connectivity index (χ3n) is 5.89. The Morgan fingerprint density at radius 3 is 2.47 bits per heavy atom. The Kier molecular flexibility index (Phi) is 8.00. The molecule has 1 fully saturated rings. The van der Waals surface area contributed by atoms with Gasteiger partial charge in [-0.2, -0.15) is 0 Å². The van der Waals surface area contributed by atoms with Gasteiger partial charge in [0.15, 0.2) is 0 Å². The molecule has 2 N–H and O–H groups in total. The van der Waals surface area contributed by atoms with Crippen LogP contribution in [0.1, 0.15) is 54.9 Å². The number of carbonyl (C=O) groups is 1. The van der Waals surface area contributed by atoms with E-state index in [1.807, 2.05) is 27.7 Å². The summed E-state index contributed by atoms with van der Waals surface area (Å²) < 4.78 is 11.5. The number of nitrogens with two attached hydrogens (primary N) is 1. The second-order valence-electron chi connectivity index (χ2n) is 9.21. The number of aliphatic imine (C=N–C) groups is 1. The van der Waals surface area contributed by atoms with E-state index in [9.17, 15) is 4.79 Å². The summed E-state index contributed by atoms with van der Waals surface area (Å²) in [5.74, 6) is 9.96. The first-order valence-electron chi connectivity index (χ1n) is 11.0. The summed E-state index contributed by atoms with van der Waals surface area (Å²) in [6, 6.07) is 3.26. The highest BCUT2D eigenvalue weighted by atomic mass is 28.3. The number of hydrazine groups is 1. The lowest BCUT2D eigenvalue weighted by molar-refractivity contribution is 0.0209. The first-order chi connectivity index (χ1) is 14.0. The van der Waals surface area contributed by atoms with Gasteiger partial charge in [-0.3, -0.25) is 5.01 Å². The molecule has 2 heterocycles. The van der Waals surface area contributed by atoms with Crippen LogP contribution in [0.5, 0.6) is 0 Å². The molecule has 0 saturated carbocycles. The van der Waals surface area contributed by atoms with Crippen molar-refractivity contribution in [1.29, 1.82) is 0 Å². The molecule has 8 heteroatoms. The molecule has 168 valence electrons. The van der Waals surface area contributed by atoms with Crippen LogP contribution in [0.25, 0.3) is 0 Å². The van der Waals surface area contributed by atoms with Gasteiger partial charge in [-0.05, 0) is 45.8 Å². The fourth-order valence-electron chi connectivity index (χ4n) is 3.69.